The topological polar surface area (TPSA) is 58.6 Å². The normalized spacial score (nSPS) is 14.0. The summed E-state index contributed by atoms with van der Waals surface area (Å²) in [5, 5.41) is 2.76. The second kappa shape index (κ2) is 5.56. The molecule has 5 nitrogen and oxygen atoms in total. The second-order valence-electron chi connectivity index (χ2n) is 4.53. The van der Waals surface area contributed by atoms with Gasteiger partial charge < -0.3 is 10.1 Å². The van der Waals surface area contributed by atoms with Crippen LogP contribution in [-0.4, -0.2) is 25.2 Å². The summed E-state index contributed by atoms with van der Waals surface area (Å²) in [7, 11) is 0. The molecule has 1 aromatic carbocycles. The Morgan fingerprint density at radius 1 is 1.42 bits per heavy atom. The Morgan fingerprint density at radius 2 is 2.21 bits per heavy atom. The standard InChI is InChI=1S/C14H16N2O3/c1-10(2)8-13(17)15-11-4-3-5-12(9-11)16-6-7-19-14(16)18/h3-5,8-9H,6-7H2,1-2H3,(H,15,17). The van der Waals surface area contributed by atoms with Crippen molar-refractivity contribution in [1.29, 1.82) is 0 Å². The van der Waals surface area contributed by atoms with Crippen LogP contribution in [0.25, 0.3) is 0 Å². The van der Waals surface area contributed by atoms with Gasteiger partial charge in [-0.05, 0) is 32.0 Å². The van der Waals surface area contributed by atoms with E-state index in [2.05, 4.69) is 5.32 Å². The highest BCUT2D eigenvalue weighted by atomic mass is 16.6. The zero-order chi connectivity index (χ0) is 13.8. The van der Waals surface area contributed by atoms with Crippen LogP contribution in [0.5, 0.6) is 0 Å². The summed E-state index contributed by atoms with van der Waals surface area (Å²) in [6.45, 7) is 4.64. The molecule has 5 heteroatoms. The average molecular weight is 260 g/mol. The van der Waals surface area contributed by atoms with Gasteiger partial charge in [0.05, 0.1) is 6.54 Å². The van der Waals surface area contributed by atoms with E-state index in [1.54, 1.807) is 18.2 Å². The highest BCUT2D eigenvalue weighted by Crippen LogP contribution is 2.22. The second-order valence-corrected chi connectivity index (χ2v) is 4.53. The minimum atomic E-state index is -0.354. The van der Waals surface area contributed by atoms with Crippen molar-refractivity contribution in [3.05, 3.63) is 35.9 Å². The Morgan fingerprint density at radius 3 is 2.84 bits per heavy atom. The molecule has 1 heterocycles. The third-order valence-corrected chi connectivity index (χ3v) is 2.61. The molecule has 0 radical (unpaired) electrons. The zero-order valence-corrected chi connectivity index (χ0v) is 11.0. The van der Waals surface area contributed by atoms with Gasteiger partial charge >= 0.3 is 6.09 Å². The van der Waals surface area contributed by atoms with Crippen LogP contribution in [0, 0.1) is 0 Å². The summed E-state index contributed by atoms with van der Waals surface area (Å²) in [4.78, 5) is 24.6. The Labute approximate surface area is 111 Å². The smallest absolute Gasteiger partial charge is 0.414 e. The largest absolute Gasteiger partial charge is 0.447 e. The Balaban J connectivity index is 2.13. The molecule has 0 saturated carbocycles. The predicted molar refractivity (Wildman–Crippen MR) is 73.2 cm³/mol. The number of allylic oxidation sites excluding steroid dienone is 1. The van der Waals surface area contributed by atoms with Crippen LogP contribution in [-0.2, 0) is 9.53 Å². The summed E-state index contributed by atoms with van der Waals surface area (Å²) in [6.07, 6.45) is 1.17. The van der Waals surface area contributed by atoms with E-state index in [4.69, 9.17) is 4.74 Å². The van der Waals surface area contributed by atoms with Crippen LogP contribution in [0.4, 0.5) is 16.2 Å². The van der Waals surface area contributed by atoms with Crippen LogP contribution in [0.3, 0.4) is 0 Å². The first kappa shape index (κ1) is 13.1. The molecular weight excluding hydrogens is 244 g/mol. The van der Waals surface area contributed by atoms with Gasteiger partial charge in [-0.25, -0.2) is 4.79 Å². The van der Waals surface area contributed by atoms with Crippen LogP contribution in [0.15, 0.2) is 35.9 Å². The minimum absolute atomic E-state index is 0.179. The Bertz CT molecular complexity index is 533. The summed E-state index contributed by atoms with van der Waals surface area (Å²) in [5.74, 6) is -0.179. The molecule has 0 aliphatic carbocycles. The number of carbonyl (C=O) groups is 2. The van der Waals surface area contributed by atoms with E-state index in [0.717, 1.165) is 11.3 Å². The van der Waals surface area contributed by atoms with Crippen molar-refractivity contribution in [2.75, 3.05) is 23.4 Å². The van der Waals surface area contributed by atoms with Crippen LogP contribution < -0.4 is 10.2 Å². The number of hydrogen-bond donors (Lipinski definition) is 1. The number of rotatable bonds is 3. The number of anilines is 2. The summed E-state index contributed by atoms with van der Waals surface area (Å²) in [5.41, 5.74) is 2.30. The molecule has 1 aromatic rings. The number of hydrogen-bond acceptors (Lipinski definition) is 3. The highest BCUT2D eigenvalue weighted by Gasteiger charge is 2.23. The predicted octanol–water partition coefficient (Wildman–Crippen LogP) is 2.55. The lowest BCUT2D eigenvalue weighted by Gasteiger charge is -2.13. The van der Waals surface area contributed by atoms with E-state index >= 15 is 0 Å². The van der Waals surface area contributed by atoms with Gasteiger partial charge in [0, 0.05) is 17.5 Å². The maximum atomic E-state index is 11.6. The van der Waals surface area contributed by atoms with E-state index in [-0.39, 0.29) is 12.0 Å². The van der Waals surface area contributed by atoms with E-state index < -0.39 is 0 Å². The molecule has 1 fully saturated rings. The van der Waals surface area contributed by atoms with Crippen molar-refractivity contribution < 1.29 is 14.3 Å². The molecule has 19 heavy (non-hydrogen) atoms. The number of nitrogens with zero attached hydrogens (tertiary/aromatic N) is 1. The van der Waals surface area contributed by atoms with E-state index in [0.29, 0.717) is 18.8 Å². The van der Waals surface area contributed by atoms with Gasteiger partial charge in [-0.2, -0.15) is 0 Å². The molecule has 0 aromatic heterocycles. The molecule has 100 valence electrons. The van der Waals surface area contributed by atoms with E-state index in [1.807, 2.05) is 19.9 Å². The Hall–Kier alpha value is -2.30. The van der Waals surface area contributed by atoms with Crippen LogP contribution in [0.2, 0.25) is 0 Å². The number of carbonyl (C=O) groups excluding carboxylic acids is 2. The van der Waals surface area contributed by atoms with Gasteiger partial charge in [-0.3, -0.25) is 9.69 Å². The number of benzene rings is 1. The molecule has 0 unspecified atom stereocenters. The first-order chi connectivity index (χ1) is 9.06. The first-order valence-electron chi connectivity index (χ1n) is 6.06. The van der Waals surface area contributed by atoms with Crippen molar-refractivity contribution in [1.82, 2.24) is 0 Å². The summed E-state index contributed by atoms with van der Waals surface area (Å²) in [6, 6.07) is 7.13. The fourth-order valence-corrected chi connectivity index (χ4v) is 1.82. The average Bonchev–Trinajstić information content (AvgIpc) is 2.74. The van der Waals surface area contributed by atoms with Crippen molar-refractivity contribution in [3.8, 4) is 0 Å². The zero-order valence-electron chi connectivity index (χ0n) is 11.0. The number of cyclic esters (lactones) is 1. The number of nitrogens with one attached hydrogen (secondary N) is 1. The fraction of sp³-hybridized carbons (Fsp3) is 0.286. The van der Waals surface area contributed by atoms with Gasteiger partial charge in [0.2, 0.25) is 5.91 Å². The molecular formula is C14H16N2O3. The van der Waals surface area contributed by atoms with Gasteiger partial charge in [-0.1, -0.05) is 11.6 Å². The first-order valence-corrected chi connectivity index (χ1v) is 6.06. The lowest BCUT2D eigenvalue weighted by atomic mass is 10.2. The maximum Gasteiger partial charge on any atom is 0.414 e. The molecule has 1 N–H and O–H groups in total. The highest BCUT2D eigenvalue weighted by molar-refractivity contribution is 6.00. The minimum Gasteiger partial charge on any atom is -0.447 e. The van der Waals surface area contributed by atoms with Crippen molar-refractivity contribution in [2.24, 2.45) is 0 Å². The summed E-state index contributed by atoms with van der Waals surface area (Å²) >= 11 is 0. The van der Waals surface area contributed by atoms with Crippen molar-refractivity contribution in [3.63, 3.8) is 0 Å². The number of ether oxygens (including phenoxy) is 1. The third kappa shape index (κ3) is 3.34. The van der Waals surface area contributed by atoms with Gasteiger partial charge in [0.1, 0.15) is 6.61 Å². The van der Waals surface area contributed by atoms with Gasteiger partial charge in [0.15, 0.2) is 0 Å². The Kier molecular flexibility index (Phi) is 3.85. The molecule has 0 bridgehead atoms. The van der Waals surface area contributed by atoms with Crippen LogP contribution in [0.1, 0.15) is 13.8 Å². The molecule has 0 spiro atoms. The fourth-order valence-electron chi connectivity index (χ4n) is 1.82. The third-order valence-electron chi connectivity index (χ3n) is 2.61. The molecule has 1 aliphatic heterocycles. The van der Waals surface area contributed by atoms with E-state index in [1.165, 1.54) is 11.0 Å². The van der Waals surface area contributed by atoms with Crippen LogP contribution >= 0.6 is 0 Å². The molecule has 2 rings (SSSR count). The molecule has 1 aliphatic rings. The van der Waals surface area contributed by atoms with Gasteiger partial charge in [-0.15, -0.1) is 0 Å². The lowest BCUT2D eigenvalue weighted by Crippen LogP contribution is -2.23. The molecule has 1 saturated heterocycles. The molecule has 2 amide bonds. The lowest BCUT2D eigenvalue weighted by molar-refractivity contribution is -0.111. The van der Waals surface area contributed by atoms with Crippen molar-refractivity contribution >= 4 is 23.4 Å². The van der Waals surface area contributed by atoms with Crippen molar-refractivity contribution in [2.45, 2.75) is 13.8 Å². The maximum absolute atomic E-state index is 11.6. The monoisotopic (exact) mass is 260 g/mol. The summed E-state index contributed by atoms with van der Waals surface area (Å²) < 4.78 is 4.88. The molecule has 0 atom stereocenters. The van der Waals surface area contributed by atoms with Gasteiger partial charge in [0.25, 0.3) is 0 Å². The SMILES string of the molecule is CC(C)=CC(=O)Nc1cccc(N2CCOC2=O)c1. The number of amides is 2. The quantitative estimate of drug-likeness (QED) is 0.850. The van der Waals surface area contributed by atoms with E-state index in [9.17, 15) is 9.59 Å².